The lowest BCUT2D eigenvalue weighted by Gasteiger charge is -2.20. The van der Waals surface area contributed by atoms with Crippen LogP contribution in [-0.2, 0) is 13.1 Å². The summed E-state index contributed by atoms with van der Waals surface area (Å²) in [5.41, 5.74) is 1.00. The van der Waals surface area contributed by atoms with Gasteiger partial charge < -0.3 is 32.9 Å². The van der Waals surface area contributed by atoms with Crippen molar-refractivity contribution in [3.63, 3.8) is 0 Å². The molecule has 0 spiro atoms. The lowest BCUT2D eigenvalue weighted by molar-refractivity contribution is 0.0700. The third-order valence-electron chi connectivity index (χ3n) is 4.81. The summed E-state index contributed by atoms with van der Waals surface area (Å²) in [5.74, 6) is 2.69. The van der Waals surface area contributed by atoms with Crippen LogP contribution in [0.15, 0.2) is 57.8 Å². The molecule has 8 nitrogen and oxygen atoms in total. The Morgan fingerprint density at radius 1 is 0.933 bits per heavy atom. The SMILES string of the molecule is COc1cc(OC)c2cc(C(=O)N(Cc3ccco3)Cc3ccco3)[nH]c2c1OC. The Morgan fingerprint density at radius 3 is 2.07 bits per heavy atom. The van der Waals surface area contributed by atoms with Crippen LogP contribution in [0, 0.1) is 0 Å². The molecule has 8 heteroatoms. The number of carbonyl (C=O) groups excluding carboxylic acids is 1. The van der Waals surface area contributed by atoms with Gasteiger partial charge in [0.2, 0.25) is 0 Å². The third-order valence-corrected chi connectivity index (χ3v) is 4.81. The van der Waals surface area contributed by atoms with E-state index in [2.05, 4.69) is 4.98 Å². The van der Waals surface area contributed by atoms with Gasteiger partial charge in [-0.15, -0.1) is 0 Å². The standard InChI is InChI=1S/C22H22N2O6/c1-26-18-11-19(27-2)21(28-3)20-16(18)10-17(23-20)22(25)24(12-14-6-4-8-29-14)13-15-7-5-9-30-15/h4-11,23H,12-13H2,1-3H3. The van der Waals surface area contributed by atoms with Crippen LogP contribution in [0.3, 0.4) is 0 Å². The molecule has 0 saturated carbocycles. The number of methoxy groups -OCH3 is 3. The number of benzene rings is 1. The van der Waals surface area contributed by atoms with Gasteiger partial charge in [-0.05, 0) is 30.3 Å². The minimum Gasteiger partial charge on any atom is -0.496 e. The Labute approximate surface area is 172 Å². The molecule has 0 aliphatic heterocycles. The number of nitrogens with zero attached hydrogens (tertiary/aromatic N) is 1. The molecule has 1 amide bonds. The van der Waals surface area contributed by atoms with Crippen molar-refractivity contribution < 1.29 is 27.8 Å². The average Bonchev–Trinajstić information content (AvgIpc) is 3.53. The first kappa shape index (κ1) is 19.5. The predicted molar refractivity (Wildman–Crippen MR) is 109 cm³/mol. The van der Waals surface area contributed by atoms with E-state index in [9.17, 15) is 4.79 Å². The highest BCUT2D eigenvalue weighted by Gasteiger charge is 2.24. The first-order valence-corrected chi connectivity index (χ1v) is 9.30. The van der Waals surface area contributed by atoms with Crippen molar-refractivity contribution >= 4 is 16.8 Å². The van der Waals surface area contributed by atoms with Gasteiger partial charge in [0, 0.05) is 11.5 Å². The molecule has 0 aliphatic rings. The third kappa shape index (κ3) is 3.59. The van der Waals surface area contributed by atoms with Crippen molar-refractivity contribution in [2.75, 3.05) is 21.3 Å². The highest BCUT2D eigenvalue weighted by Crippen LogP contribution is 2.41. The van der Waals surface area contributed by atoms with E-state index < -0.39 is 0 Å². The highest BCUT2D eigenvalue weighted by molar-refractivity contribution is 6.02. The molecular weight excluding hydrogens is 388 g/mol. The van der Waals surface area contributed by atoms with Crippen molar-refractivity contribution in [1.82, 2.24) is 9.88 Å². The number of aromatic amines is 1. The van der Waals surface area contributed by atoms with Crippen LogP contribution in [-0.4, -0.2) is 37.1 Å². The van der Waals surface area contributed by atoms with E-state index in [0.717, 1.165) is 5.39 Å². The van der Waals surface area contributed by atoms with E-state index in [1.54, 1.807) is 63.0 Å². The Bertz CT molecular complexity index is 1090. The summed E-state index contributed by atoms with van der Waals surface area (Å²) in [6, 6.07) is 10.7. The molecule has 0 atom stereocenters. The molecule has 0 fully saturated rings. The molecule has 3 heterocycles. The fraction of sp³-hybridized carbons (Fsp3) is 0.227. The zero-order valence-corrected chi connectivity index (χ0v) is 16.9. The van der Waals surface area contributed by atoms with Gasteiger partial charge in [-0.1, -0.05) is 0 Å². The number of hydrogen-bond donors (Lipinski definition) is 1. The number of carbonyl (C=O) groups is 1. The normalized spacial score (nSPS) is 10.9. The second-order valence-corrected chi connectivity index (χ2v) is 6.61. The van der Waals surface area contributed by atoms with Crippen molar-refractivity contribution in [2.45, 2.75) is 13.1 Å². The maximum absolute atomic E-state index is 13.4. The van der Waals surface area contributed by atoms with Gasteiger partial charge >= 0.3 is 0 Å². The number of hydrogen-bond acceptors (Lipinski definition) is 6. The van der Waals surface area contributed by atoms with Crippen LogP contribution in [0.2, 0.25) is 0 Å². The average molecular weight is 410 g/mol. The summed E-state index contributed by atoms with van der Waals surface area (Å²) < 4.78 is 27.3. The van der Waals surface area contributed by atoms with Crippen LogP contribution < -0.4 is 14.2 Å². The van der Waals surface area contributed by atoms with Crippen molar-refractivity contribution in [3.8, 4) is 17.2 Å². The molecule has 30 heavy (non-hydrogen) atoms. The lowest BCUT2D eigenvalue weighted by atomic mass is 10.2. The van der Waals surface area contributed by atoms with Crippen LogP contribution in [0.1, 0.15) is 22.0 Å². The van der Waals surface area contributed by atoms with Gasteiger partial charge in [0.05, 0.1) is 52.5 Å². The Morgan fingerprint density at radius 2 is 1.57 bits per heavy atom. The van der Waals surface area contributed by atoms with Gasteiger partial charge in [0.1, 0.15) is 23.0 Å². The predicted octanol–water partition coefficient (Wildman–Crippen LogP) is 4.22. The zero-order chi connectivity index (χ0) is 21.1. The number of nitrogens with one attached hydrogen (secondary N) is 1. The number of fused-ring (bicyclic) bond motifs is 1. The fourth-order valence-electron chi connectivity index (χ4n) is 3.40. The van der Waals surface area contributed by atoms with Gasteiger partial charge in [-0.25, -0.2) is 0 Å². The van der Waals surface area contributed by atoms with Crippen LogP contribution >= 0.6 is 0 Å². The molecule has 4 rings (SSSR count). The molecule has 1 aromatic carbocycles. The van der Waals surface area contributed by atoms with Gasteiger partial charge in [0.15, 0.2) is 11.5 Å². The maximum Gasteiger partial charge on any atom is 0.271 e. The first-order chi connectivity index (χ1) is 14.6. The summed E-state index contributed by atoms with van der Waals surface area (Å²) in [7, 11) is 4.66. The zero-order valence-electron chi connectivity index (χ0n) is 16.9. The summed E-state index contributed by atoms with van der Waals surface area (Å²) in [6.45, 7) is 0.582. The Hall–Kier alpha value is -3.81. The van der Waals surface area contributed by atoms with Gasteiger partial charge in [0.25, 0.3) is 5.91 Å². The number of furan rings is 2. The van der Waals surface area contributed by atoms with E-state index in [4.69, 9.17) is 23.0 Å². The number of amides is 1. The second-order valence-electron chi connectivity index (χ2n) is 6.61. The minimum absolute atomic E-state index is 0.220. The van der Waals surface area contributed by atoms with E-state index in [1.807, 2.05) is 12.1 Å². The number of rotatable bonds is 8. The van der Waals surface area contributed by atoms with Crippen LogP contribution in [0.5, 0.6) is 17.2 Å². The summed E-state index contributed by atoms with van der Waals surface area (Å²) >= 11 is 0. The minimum atomic E-state index is -0.220. The van der Waals surface area contributed by atoms with E-state index in [1.165, 1.54) is 0 Å². The molecule has 156 valence electrons. The molecule has 0 saturated heterocycles. The molecule has 1 N–H and O–H groups in total. The van der Waals surface area contributed by atoms with Gasteiger partial charge in [-0.2, -0.15) is 0 Å². The number of H-pyrrole nitrogens is 1. The largest absolute Gasteiger partial charge is 0.496 e. The topological polar surface area (TPSA) is 90.1 Å². The van der Waals surface area contributed by atoms with E-state index >= 15 is 0 Å². The molecule has 0 unspecified atom stereocenters. The summed E-state index contributed by atoms with van der Waals surface area (Å²) in [4.78, 5) is 18.2. The molecule has 3 aromatic heterocycles. The Kier molecular flexibility index (Phi) is 5.38. The fourth-order valence-corrected chi connectivity index (χ4v) is 3.40. The molecule has 0 radical (unpaired) electrons. The van der Waals surface area contributed by atoms with E-state index in [-0.39, 0.29) is 5.91 Å². The lowest BCUT2D eigenvalue weighted by Crippen LogP contribution is -2.30. The molecular formula is C22H22N2O6. The van der Waals surface area contributed by atoms with Crippen molar-refractivity contribution in [1.29, 1.82) is 0 Å². The van der Waals surface area contributed by atoms with Crippen molar-refractivity contribution in [2.24, 2.45) is 0 Å². The monoisotopic (exact) mass is 410 g/mol. The first-order valence-electron chi connectivity index (χ1n) is 9.30. The number of aromatic nitrogens is 1. The van der Waals surface area contributed by atoms with Crippen molar-refractivity contribution in [3.05, 3.63) is 66.1 Å². The number of ether oxygens (including phenoxy) is 3. The quantitative estimate of drug-likeness (QED) is 0.468. The highest BCUT2D eigenvalue weighted by atomic mass is 16.5. The molecule has 0 bridgehead atoms. The smallest absolute Gasteiger partial charge is 0.271 e. The maximum atomic E-state index is 13.4. The molecule has 4 aromatic rings. The summed E-state index contributed by atoms with van der Waals surface area (Å²) in [5, 5.41) is 0.717. The van der Waals surface area contributed by atoms with Crippen LogP contribution in [0.4, 0.5) is 0 Å². The molecule has 0 aliphatic carbocycles. The van der Waals surface area contributed by atoms with E-state index in [0.29, 0.717) is 53.1 Å². The van der Waals surface area contributed by atoms with Crippen LogP contribution in [0.25, 0.3) is 10.9 Å². The Balaban J connectivity index is 1.75. The summed E-state index contributed by atoms with van der Waals surface area (Å²) in [6.07, 6.45) is 3.16. The second kappa shape index (κ2) is 8.28. The van der Waals surface area contributed by atoms with Gasteiger partial charge in [-0.3, -0.25) is 4.79 Å².